The number of cyclic esters (lactones) is 1. The zero-order valence-electron chi connectivity index (χ0n) is 29.8. The summed E-state index contributed by atoms with van der Waals surface area (Å²) in [5, 5.41) is 14.6. The molecule has 0 spiro atoms. The number of carbonyl (C=O) groups is 2. The Morgan fingerprint density at radius 3 is 2.14 bits per heavy atom. The van der Waals surface area contributed by atoms with Gasteiger partial charge in [0.1, 0.15) is 18.4 Å². The van der Waals surface area contributed by atoms with E-state index in [4.69, 9.17) is 9.47 Å². The smallest absolute Gasteiger partial charge is 0.417 e. The van der Waals surface area contributed by atoms with Crippen molar-refractivity contribution in [2.75, 3.05) is 19.0 Å². The van der Waals surface area contributed by atoms with Crippen molar-refractivity contribution in [3.8, 4) is 5.75 Å². The van der Waals surface area contributed by atoms with E-state index in [0.29, 0.717) is 30.7 Å². The number of ether oxygens (including phenoxy) is 2. The van der Waals surface area contributed by atoms with E-state index in [2.05, 4.69) is 31.3 Å². The fraction of sp³-hybridized carbons (Fsp3) is 0.350. The van der Waals surface area contributed by atoms with Crippen LogP contribution in [0.3, 0.4) is 0 Å². The summed E-state index contributed by atoms with van der Waals surface area (Å²) in [4.78, 5) is 52.0. The number of hydrogen-bond donors (Lipinski definition) is 2. The number of rotatable bonds is 15. The molecule has 1 heterocycles. The van der Waals surface area contributed by atoms with Crippen LogP contribution in [0.25, 0.3) is 0 Å². The van der Waals surface area contributed by atoms with Crippen LogP contribution in [0, 0.1) is 16.0 Å². The molecule has 11 heteroatoms. The van der Waals surface area contributed by atoms with Gasteiger partial charge in [-0.1, -0.05) is 86.6 Å². The minimum absolute atomic E-state index is 0.00164. The molecule has 0 bridgehead atoms. The molecule has 1 aliphatic rings. The molecule has 2 N–H and O–H groups in total. The number of methoxy groups -OCH3 is 1. The Hall–Kier alpha value is -5.00. The summed E-state index contributed by atoms with van der Waals surface area (Å²) in [6, 6.07) is 31.8. The molecule has 1 saturated heterocycles. The van der Waals surface area contributed by atoms with Gasteiger partial charge in [0.2, 0.25) is 5.91 Å². The summed E-state index contributed by atoms with van der Waals surface area (Å²) < 4.78 is 10.9. The normalized spacial score (nSPS) is 16.5. The molecule has 0 saturated carbocycles. The first-order valence-electron chi connectivity index (χ1n) is 17.3. The molecular formula is C40H47N3O7Si. The number of anilines is 1. The van der Waals surface area contributed by atoms with Gasteiger partial charge < -0.3 is 19.6 Å². The van der Waals surface area contributed by atoms with Gasteiger partial charge in [-0.25, -0.2) is 9.69 Å². The molecule has 2 amide bonds. The zero-order valence-corrected chi connectivity index (χ0v) is 30.8. The second-order valence-electron chi connectivity index (χ2n) is 14.3. The van der Waals surface area contributed by atoms with Crippen molar-refractivity contribution in [1.29, 1.82) is 0 Å². The first kappa shape index (κ1) is 37.3. The number of nitrogens with one attached hydrogen (secondary N) is 1. The van der Waals surface area contributed by atoms with Gasteiger partial charge in [-0.3, -0.25) is 14.9 Å². The third kappa shape index (κ3) is 8.84. The van der Waals surface area contributed by atoms with Gasteiger partial charge in [0, 0.05) is 17.8 Å². The Morgan fingerprint density at radius 2 is 1.57 bits per heavy atom. The van der Waals surface area contributed by atoms with E-state index in [9.17, 15) is 19.7 Å². The van der Waals surface area contributed by atoms with Gasteiger partial charge in [0.15, 0.2) is 8.32 Å². The molecule has 0 radical (unpaired) electrons. The first-order valence-corrected chi connectivity index (χ1v) is 20.2. The van der Waals surface area contributed by atoms with E-state index < -0.39 is 37.3 Å². The lowest BCUT2D eigenvalue weighted by atomic mass is 9.80. The highest BCUT2D eigenvalue weighted by molar-refractivity contribution is 6.72. The second kappa shape index (κ2) is 15.9. The standard InChI is InChI=1S/C40H47N3O7Si/c1-40(2,51(4,5)48)26-31(28-12-8-6-9-13-28)18-25-35(38(44)42-36(27-50-39(42)45)29-14-10-7-11-15-29)37(30-16-23-34(49-3)24-17-30)41-32-19-21-33(22-20-32)43(46)47/h6-17,19-24,31,35-37,41,48H,18,25-27H2,1-5H3/t31-,35?,36-,37?/m1/s1. The minimum atomic E-state index is -2.59. The van der Waals surface area contributed by atoms with Crippen molar-refractivity contribution in [3.63, 3.8) is 0 Å². The van der Waals surface area contributed by atoms with E-state index >= 15 is 4.79 Å². The first-order chi connectivity index (χ1) is 24.3. The topological polar surface area (TPSA) is 131 Å². The number of benzene rings is 4. The van der Waals surface area contributed by atoms with Gasteiger partial charge in [0.25, 0.3) is 5.69 Å². The zero-order chi connectivity index (χ0) is 36.8. The highest BCUT2D eigenvalue weighted by Crippen LogP contribution is 2.47. The quantitative estimate of drug-likeness (QED) is 0.0710. The Kier molecular flexibility index (Phi) is 11.6. The van der Waals surface area contributed by atoms with Crippen LogP contribution in [-0.2, 0) is 9.53 Å². The van der Waals surface area contributed by atoms with Gasteiger partial charge in [-0.15, -0.1) is 0 Å². The lowest BCUT2D eigenvalue weighted by Crippen LogP contribution is -2.42. The monoisotopic (exact) mass is 709 g/mol. The van der Waals surface area contributed by atoms with Crippen molar-refractivity contribution in [1.82, 2.24) is 4.90 Å². The largest absolute Gasteiger partial charge is 0.497 e. The van der Waals surface area contributed by atoms with E-state index in [1.807, 2.05) is 85.9 Å². The maximum absolute atomic E-state index is 15.0. The van der Waals surface area contributed by atoms with E-state index in [0.717, 1.165) is 16.7 Å². The molecule has 0 aromatic heterocycles. The number of amides is 2. The van der Waals surface area contributed by atoms with Gasteiger partial charge in [0.05, 0.1) is 24.0 Å². The van der Waals surface area contributed by atoms with Crippen LogP contribution in [-0.4, -0.2) is 48.7 Å². The summed E-state index contributed by atoms with van der Waals surface area (Å²) >= 11 is 0. The maximum atomic E-state index is 15.0. The molecule has 4 aromatic rings. The van der Waals surface area contributed by atoms with Crippen LogP contribution in [0.2, 0.25) is 18.1 Å². The number of nitro benzene ring substituents is 1. The summed E-state index contributed by atoms with van der Waals surface area (Å²) in [5.41, 5.74) is 3.21. The third-order valence-electron chi connectivity index (χ3n) is 10.4. The molecule has 1 aliphatic heterocycles. The number of hydrogen-bond acceptors (Lipinski definition) is 8. The number of non-ortho nitro benzene ring substituents is 1. The van der Waals surface area contributed by atoms with Crippen molar-refractivity contribution >= 4 is 31.7 Å². The number of carbonyl (C=O) groups excluding carboxylic acids is 2. The molecule has 10 nitrogen and oxygen atoms in total. The van der Waals surface area contributed by atoms with E-state index in [1.54, 1.807) is 19.2 Å². The Balaban J connectivity index is 1.60. The molecule has 268 valence electrons. The summed E-state index contributed by atoms with van der Waals surface area (Å²) in [6.07, 6.45) is 0.970. The van der Waals surface area contributed by atoms with Gasteiger partial charge >= 0.3 is 6.09 Å². The number of imide groups is 1. The van der Waals surface area contributed by atoms with Crippen LogP contribution in [0.1, 0.15) is 67.8 Å². The third-order valence-corrected chi connectivity index (χ3v) is 13.9. The molecule has 51 heavy (non-hydrogen) atoms. The van der Waals surface area contributed by atoms with Crippen molar-refractivity contribution in [2.24, 2.45) is 5.92 Å². The van der Waals surface area contributed by atoms with Crippen molar-refractivity contribution in [2.45, 2.75) is 69.2 Å². The lowest BCUT2D eigenvalue weighted by Gasteiger charge is -2.39. The minimum Gasteiger partial charge on any atom is -0.497 e. The molecule has 4 aromatic carbocycles. The number of nitrogens with zero attached hydrogens (tertiary/aromatic N) is 2. The predicted octanol–water partition coefficient (Wildman–Crippen LogP) is 9.02. The fourth-order valence-corrected chi connectivity index (χ4v) is 7.39. The van der Waals surface area contributed by atoms with Gasteiger partial charge in [-0.05, 0) is 84.3 Å². The average Bonchev–Trinajstić information content (AvgIpc) is 3.52. The summed E-state index contributed by atoms with van der Waals surface area (Å²) in [6.45, 7) is 8.18. The molecule has 5 rings (SSSR count). The summed E-state index contributed by atoms with van der Waals surface area (Å²) in [7, 11) is -1.01. The Morgan fingerprint density at radius 1 is 0.961 bits per heavy atom. The van der Waals surface area contributed by atoms with Crippen LogP contribution in [0.15, 0.2) is 109 Å². The second-order valence-corrected chi connectivity index (χ2v) is 18.8. The molecule has 0 aliphatic carbocycles. The van der Waals surface area contributed by atoms with Crippen molar-refractivity contribution < 1.29 is 28.8 Å². The van der Waals surface area contributed by atoms with Crippen LogP contribution < -0.4 is 10.1 Å². The maximum Gasteiger partial charge on any atom is 0.417 e. The lowest BCUT2D eigenvalue weighted by molar-refractivity contribution is -0.384. The van der Waals surface area contributed by atoms with Crippen molar-refractivity contribution in [3.05, 3.63) is 136 Å². The predicted molar refractivity (Wildman–Crippen MR) is 200 cm³/mol. The summed E-state index contributed by atoms with van der Waals surface area (Å²) in [5.74, 6) is -0.518. The highest BCUT2D eigenvalue weighted by atomic mass is 28.4. The fourth-order valence-electron chi connectivity index (χ4n) is 6.64. The highest BCUT2D eigenvalue weighted by Gasteiger charge is 2.45. The average molecular weight is 710 g/mol. The molecular weight excluding hydrogens is 663 g/mol. The van der Waals surface area contributed by atoms with E-state index in [1.165, 1.54) is 17.0 Å². The van der Waals surface area contributed by atoms with Crippen LogP contribution in [0.5, 0.6) is 5.75 Å². The number of nitro groups is 1. The van der Waals surface area contributed by atoms with E-state index in [-0.39, 0.29) is 29.2 Å². The molecule has 4 atom stereocenters. The van der Waals surface area contributed by atoms with Gasteiger partial charge in [-0.2, -0.15) is 0 Å². The van der Waals surface area contributed by atoms with Crippen LogP contribution >= 0.6 is 0 Å². The molecule has 2 unspecified atom stereocenters. The molecule has 1 fully saturated rings. The van der Waals surface area contributed by atoms with Crippen LogP contribution in [0.4, 0.5) is 16.2 Å². The Bertz CT molecular complexity index is 1780. The Labute approximate surface area is 300 Å². The SMILES string of the molecule is COc1ccc(C(Nc2ccc([N+](=O)[O-])cc2)C(CC[C@H](CC(C)(C)[Si](C)(C)O)c2ccccc2)C(=O)N2C(=O)OC[C@@H]2c2ccccc2)cc1.